The van der Waals surface area contributed by atoms with Crippen LogP contribution in [0, 0.1) is 11.6 Å². The second kappa shape index (κ2) is 6.78. The Bertz CT molecular complexity index is 620. The highest BCUT2D eigenvalue weighted by Gasteiger charge is 2.04. The molecule has 0 spiro atoms. The molecule has 0 aliphatic heterocycles. The third kappa shape index (κ3) is 3.98. The zero-order valence-electron chi connectivity index (χ0n) is 11.4. The maximum atomic E-state index is 13.0. The van der Waals surface area contributed by atoms with Gasteiger partial charge in [-0.3, -0.25) is 0 Å². The fourth-order valence-electron chi connectivity index (χ4n) is 1.66. The number of benzene rings is 2. The number of rotatable bonds is 6. The van der Waals surface area contributed by atoms with Crippen LogP contribution >= 0.6 is 0 Å². The first-order valence-electron chi connectivity index (χ1n) is 6.24. The van der Waals surface area contributed by atoms with Crippen molar-refractivity contribution in [1.82, 2.24) is 0 Å². The Labute approximate surface area is 121 Å². The number of nitrogens with two attached hydrogens (primary N) is 1. The Kier molecular flexibility index (Phi) is 4.81. The summed E-state index contributed by atoms with van der Waals surface area (Å²) in [6.45, 7) is 0.395. The Morgan fingerprint density at radius 1 is 0.905 bits per heavy atom. The van der Waals surface area contributed by atoms with Crippen molar-refractivity contribution in [3.63, 3.8) is 0 Å². The zero-order valence-corrected chi connectivity index (χ0v) is 11.4. The van der Waals surface area contributed by atoms with Gasteiger partial charge in [0.05, 0.1) is 12.8 Å². The molecule has 0 aromatic heterocycles. The SMILES string of the molecule is COc1ccc(OCCOc2ccc(F)c(F)c2)c(N)c1. The molecule has 0 amide bonds. The van der Waals surface area contributed by atoms with Crippen LogP contribution in [0.1, 0.15) is 0 Å². The van der Waals surface area contributed by atoms with Crippen LogP contribution in [-0.4, -0.2) is 20.3 Å². The molecule has 0 aliphatic carbocycles. The molecule has 0 heterocycles. The summed E-state index contributed by atoms with van der Waals surface area (Å²) in [5.41, 5.74) is 6.24. The van der Waals surface area contributed by atoms with Gasteiger partial charge < -0.3 is 19.9 Å². The van der Waals surface area contributed by atoms with E-state index >= 15 is 0 Å². The van der Waals surface area contributed by atoms with E-state index in [0.29, 0.717) is 17.2 Å². The average Bonchev–Trinajstić information content (AvgIpc) is 2.48. The molecule has 112 valence electrons. The summed E-state index contributed by atoms with van der Waals surface area (Å²) >= 11 is 0. The molecule has 0 saturated carbocycles. The number of hydrogen-bond acceptors (Lipinski definition) is 4. The highest BCUT2D eigenvalue weighted by atomic mass is 19.2. The first kappa shape index (κ1) is 14.9. The molecule has 2 rings (SSSR count). The van der Waals surface area contributed by atoms with E-state index in [-0.39, 0.29) is 19.0 Å². The summed E-state index contributed by atoms with van der Waals surface area (Å²) in [6, 6.07) is 8.39. The second-order valence-corrected chi connectivity index (χ2v) is 4.18. The molecular weight excluding hydrogens is 280 g/mol. The van der Waals surface area contributed by atoms with Gasteiger partial charge in [-0.1, -0.05) is 0 Å². The highest BCUT2D eigenvalue weighted by molar-refractivity contribution is 5.56. The van der Waals surface area contributed by atoms with Gasteiger partial charge in [-0.2, -0.15) is 0 Å². The number of nitrogen functional groups attached to an aromatic ring is 1. The van der Waals surface area contributed by atoms with E-state index < -0.39 is 11.6 Å². The first-order chi connectivity index (χ1) is 10.1. The lowest BCUT2D eigenvalue weighted by molar-refractivity contribution is 0.217. The quantitative estimate of drug-likeness (QED) is 0.657. The lowest BCUT2D eigenvalue weighted by atomic mass is 10.3. The normalized spacial score (nSPS) is 10.2. The summed E-state index contributed by atoms with van der Waals surface area (Å²) < 4.78 is 41.4. The number of hydrogen-bond donors (Lipinski definition) is 1. The summed E-state index contributed by atoms with van der Waals surface area (Å²) in [5.74, 6) is -0.486. The van der Waals surface area contributed by atoms with Crippen LogP contribution in [0.5, 0.6) is 17.2 Å². The first-order valence-corrected chi connectivity index (χ1v) is 6.24. The van der Waals surface area contributed by atoms with Crippen LogP contribution in [0.15, 0.2) is 36.4 Å². The molecule has 4 nitrogen and oxygen atoms in total. The maximum absolute atomic E-state index is 13.0. The lowest BCUT2D eigenvalue weighted by Crippen LogP contribution is -2.10. The summed E-state index contributed by atoms with van der Waals surface area (Å²) in [6.07, 6.45) is 0. The third-order valence-corrected chi connectivity index (χ3v) is 2.72. The average molecular weight is 295 g/mol. The van der Waals surface area contributed by atoms with Crippen LogP contribution in [0.3, 0.4) is 0 Å². The zero-order chi connectivity index (χ0) is 15.2. The van der Waals surface area contributed by atoms with Gasteiger partial charge in [0.2, 0.25) is 0 Å². The van der Waals surface area contributed by atoms with E-state index in [1.807, 2.05) is 0 Å². The number of anilines is 1. The van der Waals surface area contributed by atoms with Crippen LogP contribution < -0.4 is 19.9 Å². The van der Waals surface area contributed by atoms with E-state index in [1.165, 1.54) is 6.07 Å². The van der Waals surface area contributed by atoms with Crippen molar-refractivity contribution in [2.45, 2.75) is 0 Å². The smallest absolute Gasteiger partial charge is 0.162 e. The molecule has 0 radical (unpaired) electrons. The van der Waals surface area contributed by atoms with Crippen molar-refractivity contribution in [1.29, 1.82) is 0 Å². The van der Waals surface area contributed by atoms with Crippen molar-refractivity contribution in [2.75, 3.05) is 26.1 Å². The minimum Gasteiger partial charge on any atom is -0.497 e. The molecule has 0 saturated heterocycles. The molecule has 2 aromatic carbocycles. The van der Waals surface area contributed by atoms with Crippen molar-refractivity contribution in [2.24, 2.45) is 0 Å². The minimum absolute atomic E-state index is 0.177. The number of halogens is 2. The summed E-state index contributed by atoms with van der Waals surface area (Å²) in [5, 5.41) is 0. The Morgan fingerprint density at radius 2 is 1.62 bits per heavy atom. The van der Waals surface area contributed by atoms with Gasteiger partial charge in [0.15, 0.2) is 11.6 Å². The van der Waals surface area contributed by atoms with Gasteiger partial charge in [0.1, 0.15) is 30.5 Å². The summed E-state index contributed by atoms with van der Waals surface area (Å²) in [4.78, 5) is 0. The third-order valence-electron chi connectivity index (χ3n) is 2.72. The largest absolute Gasteiger partial charge is 0.497 e. The molecule has 0 fully saturated rings. The van der Waals surface area contributed by atoms with Gasteiger partial charge in [0.25, 0.3) is 0 Å². The lowest BCUT2D eigenvalue weighted by Gasteiger charge is -2.11. The molecule has 0 unspecified atom stereocenters. The number of ether oxygens (including phenoxy) is 3. The van der Waals surface area contributed by atoms with Crippen LogP contribution in [0.4, 0.5) is 14.5 Å². The highest BCUT2D eigenvalue weighted by Crippen LogP contribution is 2.26. The fourth-order valence-corrected chi connectivity index (χ4v) is 1.66. The van der Waals surface area contributed by atoms with E-state index in [4.69, 9.17) is 19.9 Å². The Morgan fingerprint density at radius 3 is 2.29 bits per heavy atom. The monoisotopic (exact) mass is 295 g/mol. The molecule has 0 bridgehead atoms. The van der Waals surface area contributed by atoms with Gasteiger partial charge >= 0.3 is 0 Å². The van der Waals surface area contributed by atoms with Crippen LogP contribution in [-0.2, 0) is 0 Å². The van der Waals surface area contributed by atoms with Gasteiger partial charge in [0, 0.05) is 12.1 Å². The van der Waals surface area contributed by atoms with Gasteiger partial charge in [-0.05, 0) is 24.3 Å². The summed E-state index contributed by atoms with van der Waals surface area (Å²) in [7, 11) is 1.55. The topological polar surface area (TPSA) is 53.7 Å². The molecule has 0 aliphatic rings. The van der Waals surface area contributed by atoms with Crippen molar-refractivity contribution >= 4 is 5.69 Å². The van der Waals surface area contributed by atoms with E-state index in [2.05, 4.69) is 0 Å². The van der Waals surface area contributed by atoms with Gasteiger partial charge in [-0.15, -0.1) is 0 Å². The van der Waals surface area contributed by atoms with Crippen LogP contribution in [0.25, 0.3) is 0 Å². The number of methoxy groups -OCH3 is 1. The van der Waals surface area contributed by atoms with Crippen LogP contribution in [0.2, 0.25) is 0 Å². The maximum Gasteiger partial charge on any atom is 0.162 e. The fraction of sp³-hybridized carbons (Fsp3) is 0.200. The predicted molar refractivity (Wildman–Crippen MR) is 74.8 cm³/mol. The molecule has 2 aromatic rings. The predicted octanol–water partition coefficient (Wildman–Crippen LogP) is 3.01. The van der Waals surface area contributed by atoms with E-state index in [1.54, 1.807) is 25.3 Å². The Hall–Kier alpha value is -2.50. The molecule has 0 atom stereocenters. The van der Waals surface area contributed by atoms with Crippen molar-refractivity contribution in [3.8, 4) is 17.2 Å². The van der Waals surface area contributed by atoms with Gasteiger partial charge in [-0.25, -0.2) is 8.78 Å². The molecule has 2 N–H and O–H groups in total. The molecular formula is C15H15F2NO3. The van der Waals surface area contributed by atoms with Crippen molar-refractivity contribution < 1.29 is 23.0 Å². The standard InChI is InChI=1S/C15H15F2NO3/c1-19-10-3-5-15(14(18)9-10)21-7-6-20-11-2-4-12(16)13(17)8-11/h2-5,8-9H,6-7,18H2,1H3. The van der Waals surface area contributed by atoms with E-state index in [0.717, 1.165) is 12.1 Å². The second-order valence-electron chi connectivity index (χ2n) is 4.18. The van der Waals surface area contributed by atoms with E-state index in [9.17, 15) is 8.78 Å². The Balaban J connectivity index is 1.83. The molecule has 21 heavy (non-hydrogen) atoms. The van der Waals surface area contributed by atoms with Crippen molar-refractivity contribution in [3.05, 3.63) is 48.0 Å². The molecule has 6 heteroatoms. The minimum atomic E-state index is -0.951.